The molecule has 0 saturated carbocycles. The Morgan fingerprint density at radius 2 is 2.43 bits per heavy atom. The second kappa shape index (κ2) is 6.26. The number of aryl methyl sites for hydroxylation is 1. The van der Waals surface area contributed by atoms with Gasteiger partial charge in [0.15, 0.2) is 0 Å². The van der Waals surface area contributed by atoms with Crippen molar-refractivity contribution in [3.8, 4) is 0 Å². The van der Waals surface area contributed by atoms with Crippen molar-refractivity contribution >= 4 is 16.9 Å². The number of fused-ring (bicyclic) bond motifs is 1. The third-order valence-electron chi connectivity index (χ3n) is 3.85. The molecule has 3 rings (SSSR count). The van der Waals surface area contributed by atoms with Crippen LogP contribution < -0.4 is 5.32 Å². The topological polar surface area (TPSA) is 67.0 Å². The molecule has 21 heavy (non-hydrogen) atoms. The molecule has 5 heteroatoms. The van der Waals surface area contributed by atoms with Crippen molar-refractivity contribution in [2.75, 3.05) is 13.2 Å². The summed E-state index contributed by atoms with van der Waals surface area (Å²) in [6.07, 6.45) is 3.60. The molecule has 0 bridgehead atoms. The van der Waals surface area contributed by atoms with E-state index in [-0.39, 0.29) is 12.0 Å². The summed E-state index contributed by atoms with van der Waals surface area (Å²) in [4.78, 5) is 19.7. The number of nitrogens with one attached hydrogen (secondary N) is 2. The Morgan fingerprint density at radius 3 is 3.19 bits per heavy atom. The first-order valence-corrected chi connectivity index (χ1v) is 7.60. The molecule has 112 valence electrons. The number of benzene rings is 1. The molecule has 2 N–H and O–H groups in total. The highest BCUT2D eigenvalue weighted by atomic mass is 16.5. The number of hydrogen-bond acceptors (Lipinski definition) is 3. The Morgan fingerprint density at radius 1 is 1.52 bits per heavy atom. The van der Waals surface area contributed by atoms with E-state index in [9.17, 15) is 4.79 Å². The highest BCUT2D eigenvalue weighted by Gasteiger charge is 2.16. The number of amides is 1. The lowest BCUT2D eigenvalue weighted by Crippen LogP contribution is -2.32. The molecule has 1 aliphatic rings. The lowest BCUT2D eigenvalue weighted by atomic mass is 10.1. The van der Waals surface area contributed by atoms with Crippen molar-refractivity contribution in [1.82, 2.24) is 15.3 Å². The van der Waals surface area contributed by atoms with Gasteiger partial charge in [0.2, 0.25) is 5.91 Å². The lowest BCUT2D eigenvalue weighted by molar-refractivity contribution is -0.120. The minimum atomic E-state index is 0.0417. The fourth-order valence-electron chi connectivity index (χ4n) is 2.67. The predicted octanol–water partition coefficient (Wildman–Crippen LogP) is 1.96. The summed E-state index contributed by atoms with van der Waals surface area (Å²) >= 11 is 0. The zero-order valence-electron chi connectivity index (χ0n) is 12.3. The van der Waals surface area contributed by atoms with Crippen molar-refractivity contribution < 1.29 is 9.53 Å². The van der Waals surface area contributed by atoms with E-state index in [2.05, 4.69) is 22.2 Å². The van der Waals surface area contributed by atoms with E-state index in [1.165, 1.54) is 0 Å². The molecule has 1 amide bonds. The van der Waals surface area contributed by atoms with Crippen LogP contribution in [0.3, 0.4) is 0 Å². The highest BCUT2D eigenvalue weighted by Crippen LogP contribution is 2.15. The van der Waals surface area contributed by atoms with Gasteiger partial charge in [-0.2, -0.15) is 0 Å². The third-order valence-corrected chi connectivity index (χ3v) is 3.85. The predicted molar refractivity (Wildman–Crippen MR) is 81.2 cm³/mol. The molecule has 2 aromatic rings. The number of hydrogen-bond donors (Lipinski definition) is 2. The summed E-state index contributed by atoms with van der Waals surface area (Å²) in [7, 11) is 0. The first kappa shape index (κ1) is 14.1. The van der Waals surface area contributed by atoms with Gasteiger partial charge < -0.3 is 15.0 Å². The molecule has 1 saturated heterocycles. The van der Waals surface area contributed by atoms with Gasteiger partial charge in [0, 0.05) is 19.6 Å². The van der Waals surface area contributed by atoms with Gasteiger partial charge in [0.1, 0.15) is 5.82 Å². The van der Waals surface area contributed by atoms with E-state index < -0.39 is 0 Å². The van der Waals surface area contributed by atoms with Crippen molar-refractivity contribution in [1.29, 1.82) is 0 Å². The number of imidazole rings is 1. The standard InChI is InChI=1S/C16H21N3O2/c1-2-15-18-13-6-5-11(8-14(13)19-15)9-16(20)17-10-12-4-3-7-21-12/h5-6,8,12H,2-4,7,9-10H2,1H3,(H,17,20)(H,18,19). The molecule has 0 radical (unpaired) electrons. The molecule has 1 aromatic heterocycles. The lowest BCUT2D eigenvalue weighted by Gasteiger charge is -2.10. The maximum atomic E-state index is 12.0. The van der Waals surface area contributed by atoms with Crippen LogP contribution >= 0.6 is 0 Å². The molecule has 0 spiro atoms. The van der Waals surface area contributed by atoms with Gasteiger partial charge in [-0.3, -0.25) is 4.79 Å². The number of aromatic nitrogens is 2. The van der Waals surface area contributed by atoms with Crippen LogP contribution in [0.2, 0.25) is 0 Å². The Labute approximate surface area is 124 Å². The average molecular weight is 287 g/mol. The second-order valence-electron chi connectivity index (χ2n) is 5.50. The number of aromatic amines is 1. The van der Waals surface area contributed by atoms with Crippen molar-refractivity contribution in [2.24, 2.45) is 0 Å². The summed E-state index contributed by atoms with van der Waals surface area (Å²) in [6, 6.07) is 5.94. The van der Waals surface area contributed by atoms with E-state index >= 15 is 0 Å². The van der Waals surface area contributed by atoms with Gasteiger partial charge in [-0.05, 0) is 30.5 Å². The minimum absolute atomic E-state index is 0.0417. The van der Waals surface area contributed by atoms with Crippen molar-refractivity contribution in [3.63, 3.8) is 0 Å². The molecule has 5 nitrogen and oxygen atoms in total. The zero-order chi connectivity index (χ0) is 14.7. The Hall–Kier alpha value is -1.88. The van der Waals surface area contributed by atoms with Gasteiger partial charge in [0.25, 0.3) is 0 Å². The molecule has 1 unspecified atom stereocenters. The number of carbonyl (C=O) groups is 1. The van der Waals surface area contributed by atoms with Crippen LogP contribution in [-0.2, 0) is 22.4 Å². The maximum Gasteiger partial charge on any atom is 0.224 e. The average Bonchev–Trinajstić information content (AvgIpc) is 3.13. The molecular formula is C16H21N3O2. The van der Waals surface area contributed by atoms with E-state index in [1.54, 1.807) is 0 Å². The molecule has 0 aliphatic carbocycles. The molecule has 1 aromatic carbocycles. The van der Waals surface area contributed by atoms with Gasteiger partial charge >= 0.3 is 0 Å². The quantitative estimate of drug-likeness (QED) is 0.883. The summed E-state index contributed by atoms with van der Waals surface area (Å²) in [5.41, 5.74) is 2.95. The van der Waals surface area contributed by atoms with E-state index in [0.29, 0.717) is 13.0 Å². The van der Waals surface area contributed by atoms with Crippen LogP contribution in [0.4, 0.5) is 0 Å². The number of carbonyl (C=O) groups excluding carboxylic acids is 1. The number of H-pyrrole nitrogens is 1. The van der Waals surface area contributed by atoms with Gasteiger partial charge in [-0.25, -0.2) is 4.98 Å². The van der Waals surface area contributed by atoms with Crippen LogP contribution in [0.1, 0.15) is 31.2 Å². The van der Waals surface area contributed by atoms with Crippen LogP contribution in [0, 0.1) is 0 Å². The van der Waals surface area contributed by atoms with E-state index in [4.69, 9.17) is 4.74 Å². The van der Waals surface area contributed by atoms with Crippen LogP contribution in [0.5, 0.6) is 0 Å². The fraction of sp³-hybridized carbons (Fsp3) is 0.500. The highest BCUT2D eigenvalue weighted by molar-refractivity contribution is 5.81. The van der Waals surface area contributed by atoms with Gasteiger partial charge in [0.05, 0.1) is 23.6 Å². The third kappa shape index (κ3) is 3.42. The number of ether oxygens (including phenoxy) is 1. The summed E-state index contributed by atoms with van der Waals surface area (Å²) in [6.45, 7) is 3.50. The van der Waals surface area contributed by atoms with Gasteiger partial charge in [-0.1, -0.05) is 13.0 Å². The van der Waals surface area contributed by atoms with Gasteiger partial charge in [-0.15, -0.1) is 0 Å². The Kier molecular flexibility index (Phi) is 4.20. The summed E-state index contributed by atoms with van der Waals surface area (Å²) in [5.74, 6) is 1.02. The fourth-order valence-corrected chi connectivity index (χ4v) is 2.67. The second-order valence-corrected chi connectivity index (χ2v) is 5.50. The zero-order valence-corrected chi connectivity index (χ0v) is 12.3. The maximum absolute atomic E-state index is 12.0. The molecule has 1 atom stereocenters. The molecule has 1 fully saturated rings. The minimum Gasteiger partial charge on any atom is -0.376 e. The van der Waals surface area contributed by atoms with E-state index in [0.717, 1.165) is 48.3 Å². The smallest absolute Gasteiger partial charge is 0.224 e. The Balaban J connectivity index is 1.59. The number of rotatable bonds is 5. The largest absolute Gasteiger partial charge is 0.376 e. The van der Waals surface area contributed by atoms with Crippen molar-refractivity contribution in [3.05, 3.63) is 29.6 Å². The Bertz CT molecular complexity index is 629. The van der Waals surface area contributed by atoms with Crippen LogP contribution in [0.15, 0.2) is 18.2 Å². The molecule has 1 aliphatic heterocycles. The molecule has 2 heterocycles. The normalized spacial score (nSPS) is 18.2. The van der Waals surface area contributed by atoms with Crippen molar-refractivity contribution in [2.45, 2.75) is 38.7 Å². The van der Waals surface area contributed by atoms with E-state index in [1.807, 2.05) is 18.2 Å². The first-order valence-electron chi connectivity index (χ1n) is 7.60. The summed E-state index contributed by atoms with van der Waals surface area (Å²) in [5, 5.41) is 2.95. The monoisotopic (exact) mass is 287 g/mol. The van der Waals surface area contributed by atoms with Crippen LogP contribution in [-0.4, -0.2) is 35.1 Å². The number of nitrogens with zero attached hydrogens (tertiary/aromatic N) is 1. The summed E-state index contributed by atoms with van der Waals surface area (Å²) < 4.78 is 5.50. The van der Waals surface area contributed by atoms with Crippen LogP contribution in [0.25, 0.3) is 11.0 Å². The first-order chi connectivity index (χ1) is 10.2. The SMILES string of the molecule is CCc1nc2ccc(CC(=O)NCC3CCCO3)cc2[nH]1. The molecular weight excluding hydrogens is 266 g/mol.